The maximum Gasteiger partial charge on any atom is -0.0175 e. The summed E-state index contributed by atoms with van der Waals surface area (Å²) in [6.07, 6.45) is 13.2. The van der Waals surface area contributed by atoms with E-state index in [1.54, 1.807) is 11.8 Å². The number of hydrogen-bond acceptors (Lipinski definition) is 1. The molecule has 1 aliphatic rings. The third-order valence-corrected chi connectivity index (χ3v) is 3.51. The molecule has 0 N–H and O–H groups in total. The summed E-state index contributed by atoms with van der Waals surface area (Å²) >= 11 is 1.75. The average molecular weight is 308 g/mol. The van der Waals surface area contributed by atoms with Crippen molar-refractivity contribution in [1.29, 1.82) is 0 Å². The first kappa shape index (κ1) is 16.6. The largest absolute Gasteiger partial charge is 0.169 e. The van der Waals surface area contributed by atoms with Gasteiger partial charge >= 0.3 is 0 Å². The predicted octanol–water partition coefficient (Wildman–Crippen LogP) is 6.37. The van der Waals surface area contributed by atoms with Gasteiger partial charge in [0.25, 0.3) is 0 Å². The zero-order chi connectivity index (χ0) is 15.8. The first-order valence-corrected chi connectivity index (χ1v) is 9.32. The van der Waals surface area contributed by atoms with Crippen molar-refractivity contribution < 1.29 is 0 Å². The van der Waals surface area contributed by atoms with E-state index in [4.69, 9.17) is 0 Å². The maximum absolute atomic E-state index is 2.34. The summed E-state index contributed by atoms with van der Waals surface area (Å²) in [5.41, 5.74) is 6.58. The van der Waals surface area contributed by atoms with Gasteiger partial charge in [0.1, 0.15) is 0 Å². The smallest absolute Gasteiger partial charge is 0.0175 e. The highest BCUT2D eigenvalue weighted by atomic mass is 32.2. The zero-order valence-corrected chi connectivity index (χ0v) is 14.5. The van der Waals surface area contributed by atoms with Crippen molar-refractivity contribution >= 4 is 17.3 Å². The van der Waals surface area contributed by atoms with E-state index in [-0.39, 0.29) is 0 Å². The molecule has 0 atom stereocenters. The van der Waals surface area contributed by atoms with Gasteiger partial charge in [-0.2, -0.15) is 11.8 Å². The Morgan fingerprint density at radius 2 is 1.50 bits per heavy atom. The molecule has 3 rings (SSSR count). The summed E-state index contributed by atoms with van der Waals surface area (Å²) in [6.45, 7) is 2.17. The topological polar surface area (TPSA) is 0 Å². The number of rotatable bonds is 2. The highest BCUT2D eigenvalue weighted by Gasteiger charge is 2.05. The van der Waals surface area contributed by atoms with Crippen LogP contribution in [0.5, 0.6) is 0 Å². The van der Waals surface area contributed by atoms with Gasteiger partial charge in [0, 0.05) is 0 Å². The van der Waals surface area contributed by atoms with E-state index in [2.05, 4.69) is 73.7 Å². The zero-order valence-electron chi connectivity index (χ0n) is 13.7. The van der Waals surface area contributed by atoms with Crippen LogP contribution in [-0.4, -0.2) is 12.5 Å². The molecule has 0 unspecified atom stereocenters. The Kier molecular flexibility index (Phi) is 6.54. The molecule has 0 aromatic heterocycles. The van der Waals surface area contributed by atoms with E-state index in [0.29, 0.717) is 0 Å². The van der Waals surface area contributed by atoms with Gasteiger partial charge in [0.15, 0.2) is 0 Å². The second-order valence-electron chi connectivity index (χ2n) is 5.50. The first-order chi connectivity index (χ1) is 10.7. The molecule has 0 fully saturated rings. The Morgan fingerprint density at radius 1 is 0.818 bits per heavy atom. The van der Waals surface area contributed by atoms with Gasteiger partial charge in [-0.25, -0.2) is 0 Å². The fourth-order valence-corrected chi connectivity index (χ4v) is 2.57. The summed E-state index contributed by atoms with van der Waals surface area (Å²) in [5.74, 6) is 0. The molecule has 0 nitrogen and oxygen atoms in total. The van der Waals surface area contributed by atoms with E-state index in [0.717, 1.165) is 6.42 Å². The fraction of sp³-hybridized carbons (Fsp3) is 0.238. The van der Waals surface area contributed by atoms with Crippen molar-refractivity contribution in [3.05, 3.63) is 77.9 Å². The molecule has 0 bridgehead atoms. The van der Waals surface area contributed by atoms with Crippen molar-refractivity contribution in [2.75, 3.05) is 12.5 Å². The van der Waals surface area contributed by atoms with Crippen LogP contribution in [0.25, 0.3) is 16.7 Å². The summed E-state index contributed by atoms with van der Waals surface area (Å²) in [7, 11) is 0. The van der Waals surface area contributed by atoms with Crippen LogP contribution in [0.15, 0.2) is 66.8 Å². The lowest BCUT2D eigenvalue weighted by molar-refractivity contribution is 1.04. The molecule has 0 saturated heterocycles. The van der Waals surface area contributed by atoms with Crippen molar-refractivity contribution in [2.45, 2.75) is 19.8 Å². The number of benzene rings is 2. The molecule has 0 amide bonds. The third-order valence-electron chi connectivity index (χ3n) is 3.51. The molecular weight excluding hydrogens is 284 g/mol. The number of thioether (sulfide) groups is 1. The van der Waals surface area contributed by atoms with Crippen LogP contribution >= 0.6 is 11.8 Å². The monoisotopic (exact) mass is 308 g/mol. The summed E-state index contributed by atoms with van der Waals surface area (Å²) < 4.78 is 0. The van der Waals surface area contributed by atoms with Crippen LogP contribution in [0.3, 0.4) is 0 Å². The van der Waals surface area contributed by atoms with Gasteiger partial charge in [0.05, 0.1) is 0 Å². The molecular formula is C21H24S. The Morgan fingerprint density at radius 3 is 2.14 bits per heavy atom. The molecule has 114 valence electrons. The minimum absolute atomic E-state index is 1.15. The SMILES string of the molecule is CSC.Cc1cc(C2=CCCC=C2)cc(-c2ccccc2)c1. The maximum atomic E-state index is 2.34. The second kappa shape index (κ2) is 8.65. The van der Waals surface area contributed by atoms with Gasteiger partial charge < -0.3 is 0 Å². The van der Waals surface area contributed by atoms with Crippen molar-refractivity contribution in [2.24, 2.45) is 0 Å². The van der Waals surface area contributed by atoms with Gasteiger partial charge in [-0.15, -0.1) is 0 Å². The van der Waals surface area contributed by atoms with Crippen molar-refractivity contribution in [3.63, 3.8) is 0 Å². The molecule has 1 aliphatic carbocycles. The third kappa shape index (κ3) is 4.64. The molecule has 0 radical (unpaired) electrons. The lowest BCUT2D eigenvalue weighted by atomic mass is 9.94. The minimum Gasteiger partial charge on any atom is -0.169 e. The quantitative estimate of drug-likeness (QED) is 0.620. The Hall–Kier alpha value is -1.73. The van der Waals surface area contributed by atoms with Crippen LogP contribution in [0.4, 0.5) is 0 Å². The van der Waals surface area contributed by atoms with Crippen LogP contribution in [0, 0.1) is 6.92 Å². The summed E-state index contributed by atoms with van der Waals surface area (Å²) in [5, 5.41) is 0. The van der Waals surface area contributed by atoms with Crippen LogP contribution < -0.4 is 0 Å². The van der Waals surface area contributed by atoms with Crippen molar-refractivity contribution in [3.8, 4) is 11.1 Å². The molecule has 1 heteroatoms. The second-order valence-corrected chi connectivity index (χ2v) is 6.32. The van der Waals surface area contributed by atoms with E-state index in [1.165, 1.54) is 34.2 Å². The summed E-state index contributed by atoms with van der Waals surface area (Å²) in [4.78, 5) is 0. The lowest BCUT2D eigenvalue weighted by Gasteiger charge is -2.11. The van der Waals surface area contributed by atoms with E-state index < -0.39 is 0 Å². The molecule has 2 aromatic rings. The van der Waals surface area contributed by atoms with Gasteiger partial charge in [0.2, 0.25) is 0 Å². The average Bonchev–Trinajstić information content (AvgIpc) is 2.57. The standard InChI is InChI=1S/C19H18.C2H6S/c1-15-12-18(16-8-4-2-5-9-16)14-19(13-15)17-10-6-3-7-11-17;1-3-2/h2,4-6,8-14H,3,7H2,1H3;1-2H3. The van der Waals surface area contributed by atoms with Gasteiger partial charge in [-0.1, -0.05) is 60.7 Å². The molecule has 2 aromatic carbocycles. The van der Waals surface area contributed by atoms with Crippen LogP contribution in [0.2, 0.25) is 0 Å². The molecule has 0 saturated carbocycles. The van der Waals surface area contributed by atoms with Crippen LogP contribution in [0.1, 0.15) is 24.0 Å². The lowest BCUT2D eigenvalue weighted by Crippen LogP contribution is -1.89. The highest BCUT2D eigenvalue weighted by molar-refractivity contribution is 7.97. The number of hydrogen-bond donors (Lipinski definition) is 0. The summed E-state index contributed by atoms with van der Waals surface area (Å²) in [6, 6.07) is 17.4. The molecule has 0 spiro atoms. The number of aryl methyl sites for hydroxylation is 1. The number of allylic oxidation sites excluding steroid dienone is 4. The molecule has 22 heavy (non-hydrogen) atoms. The Bertz CT molecular complexity index is 651. The van der Waals surface area contributed by atoms with E-state index >= 15 is 0 Å². The molecule has 0 heterocycles. The van der Waals surface area contributed by atoms with E-state index in [1.807, 2.05) is 12.5 Å². The predicted molar refractivity (Wildman–Crippen MR) is 102 cm³/mol. The van der Waals surface area contributed by atoms with E-state index in [9.17, 15) is 0 Å². The Balaban J connectivity index is 0.000000545. The van der Waals surface area contributed by atoms with Gasteiger partial charge in [-0.3, -0.25) is 0 Å². The van der Waals surface area contributed by atoms with Crippen molar-refractivity contribution in [1.82, 2.24) is 0 Å². The first-order valence-electron chi connectivity index (χ1n) is 7.69. The normalized spacial score (nSPS) is 13.1. The Labute approximate surface area is 139 Å². The minimum atomic E-state index is 1.15. The van der Waals surface area contributed by atoms with Gasteiger partial charge in [-0.05, 0) is 66.2 Å². The van der Waals surface area contributed by atoms with Crippen LogP contribution in [-0.2, 0) is 0 Å². The fourth-order valence-electron chi connectivity index (χ4n) is 2.57. The molecule has 0 aliphatic heterocycles. The highest BCUT2D eigenvalue weighted by Crippen LogP contribution is 2.28.